The summed E-state index contributed by atoms with van der Waals surface area (Å²) < 4.78 is 0. The average Bonchev–Trinajstić information content (AvgIpc) is 3.36. The van der Waals surface area contributed by atoms with E-state index in [2.05, 4.69) is 123 Å². The van der Waals surface area contributed by atoms with Crippen LogP contribution in [0.5, 0.6) is 0 Å². The van der Waals surface area contributed by atoms with E-state index in [9.17, 15) is 0 Å². The molecule has 6 aromatic rings. The highest BCUT2D eigenvalue weighted by Crippen LogP contribution is 2.56. The summed E-state index contributed by atoms with van der Waals surface area (Å²) in [5.41, 5.74) is 11.4. The molecule has 0 N–H and O–H groups in total. The lowest BCUT2D eigenvalue weighted by atomic mass is 9.67. The van der Waals surface area contributed by atoms with Crippen LogP contribution in [0.3, 0.4) is 0 Å². The van der Waals surface area contributed by atoms with Crippen LogP contribution in [-0.4, -0.2) is 23.0 Å². The Morgan fingerprint density at radius 1 is 0.457 bits per heavy atom. The fraction of sp³-hybridized carbons (Fsp3) is 0.214. The molecule has 1 heterocycles. The van der Waals surface area contributed by atoms with Gasteiger partial charge in [-0.15, -0.1) is 0 Å². The van der Waals surface area contributed by atoms with Gasteiger partial charge in [-0.2, -0.15) is 0 Å². The summed E-state index contributed by atoms with van der Waals surface area (Å²) in [4.78, 5) is 15.1. The normalized spacial score (nSPS) is 15.0. The lowest BCUT2D eigenvalue weighted by Gasteiger charge is -2.36. The fourth-order valence-electron chi connectivity index (χ4n) is 7.64. The average molecular weight is 614 g/mol. The van der Waals surface area contributed by atoms with Crippen LogP contribution in [0.15, 0.2) is 121 Å². The summed E-state index contributed by atoms with van der Waals surface area (Å²) in [6, 6.07) is 44.0. The van der Waals surface area contributed by atoms with Gasteiger partial charge in [0.05, 0.1) is 8.07 Å². The van der Waals surface area contributed by atoms with Crippen LogP contribution in [-0.2, 0) is 5.41 Å². The minimum atomic E-state index is -1.41. The predicted molar refractivity (Wildman–Crippen MR) is 194 cm³/mol. The summed E-state index contributed by atoms with van der Waals surface area (Å²) in [6.45, 7) is 7.12. The van der Waals surface area contributed by atoms with Gasteiger partial charge in [-0.1, -0.05) is 153 Å². The molecule has 3 nitrogen and oxygen atoms in total. The standard InChI is InChI=1S/C42H39N3Si/c1-46(2,3)34-22-19-30(20-23-34)40-43-39(29-13-6-4-7-14-29)44-41(45-40)33-16-12-15-31(27-33)32-21-24-36-35-17-8-9-18-37(35)42(38(36)28-32)25-10-5-11-26-42/h4,6-9,12-24,27-28H,5,10-11,25-26H2,1-3H3. The molecule has 5 aromatic carbocycles. The highest BCUT2D eigenvalue weighted by molar-refractivity contribution is 6.88. The van der Waals surface area contributed by atoms with Crippen LogP contribution < -0.4 is 5.19 Å². The van der Waals surface area contributed by atoms with Crippen molar-refractivity contribution < 1.29 is 0 Å². The van der Waals surface area contributed by atoms with Crippen molar-refractivity contribution in [3.05, 3.63) is 132 Å². The van der Waals surface area contributed by atoms with E-state index in [-0.39, 0.29) is 5.41 Å². The van der Waals surface area contributed by atoms with E-state index in [1.165, 1.54) is 70.7 Å². The van der Waals surface area contributed by atoms with Gasteiger partial charge in [-0.25, -0.2) is 15.0 Å². The molecule has 2 aliphatic rings. The quantitative estimate of drug-likeness (QED) is 0.182. The maximum absolute atomic E-state index is 5.07. The second-order valence-corrected chi connectivity index (χ2v) is 19.1. The molecule has 0 radical (unpaired) electrons. The molecule has 226 valence electrons. The number of hydrogen-bond donors (Lipinski definition) is 0. The molecule has 8 rings (SSSR count). The van der Waals surface area contributed by atoms with Crippen molar-refractivity contribution in [2.45, 2.75) is 57.2 Å². The van der Waals surface area contributed by atoms with Crippen molar-refractivity contribution in [1.82, 2.24) is 15.0 Å². The van der Waals surface area contributed by atoms with Crippen LogP contribution in [0.4, 0.5) is 0 Å². The Morgan fingerprint density at radius 2 is 1.00 bits per heavy atom. The third kappa shape index (κ3) is 5.02. The zero-order valence-corrected chi connectivity index (χ0v) is 27.9. The third-order valence-corrected chi connectivity index (χ3v) is 12.2. The molecule has 0 amide bonds. The zero-order chi connectivity index (χ0) is 31.3. The van der Waals surface area contributed by atoms with E-state index >= 15 is 0 Å². The van der Waals surface area contributed by atoms with Gasteiger partial charge in [-0.3, -0.25) is 0 Å². The summed E-state index contributed by atoms with van der Waals surface area (Å²) in [6.07, 6.45) is 6.38. The van der Waals surface area contributed by atoms with Crippen molar-refractivity contribution in [2.75, 3.05) is 0 Å². The molecular weight excluding hydrogens is 575 g/mol. The van der Waals surface area contributed by atoms with Crippen LogP contribution in [0.25, 0.3) is 56.4 Å². The molecule has 1 fully saturated rings. The molecular formula is C42H39N3Si. The van der Waals surface area contributed by atoms with E-state index in [0.29, 0.717) is 17.5 Å². The molecule has 2 aliphatic carbocycles. The van der Waals surface area contributed by atoms with Crippen molar-refractivity contribution in [1.29, 1.82) is 0 Å². The van der Waals surface area contributed by atoms with Crippen LogP contribution in [0.1, 0.15) is 43.2 Å². The molecule has 1 aromatic heterocycles. The largest absolute Gasteiger partial charge is 0.208 e. The number of aromatic nitrogens is 3. The molecule has 0 bridgehead atoms. The fourth-order valence-corrected chi connectivity index (χ4v) is 8.80. The number of nitrogens with zero attached hydrogens (tertiary/aromatic N) is 3. The summed E-state index contributed by atoms with van der Waals surface area (Å²) in [5, 5.41) is 1.42. The second kappa shape index (κ2) is 11.3. The lowest BCUT2D eigenvalue weighted by molar-refractivity contribution is 0.353. The van der Waals surface area contributed by atoms with E-state index < -0.39 is 8.07 Å². The van der Waals surface area contributed by atoms with Crippen molar-refractivity contribution in [2.24, 2.45) is 0 Å². The van der Waals surface area contributed by atoms with Gasteiger partial charge < -0.3 is 0 Å². The SMILES string of the molecule is C[Si](C)(C)c1ccc(-c2nc(-c3ccccc3)nc(-c3cccc(-c4ccc5c(c4)C4(CCCCC4)c4ccccc4-5)c3)n2)cc1. The minimum Gasteiger partial charge on any atom is -0.208 e. The number of rotatable bonds is 5. The minimum absolute atomic E-state index is 0.135. The van der Waals surface area contributed by atoms with Crippen LogP contribution >= 0.6 is 0 Å². The topological polar surface area (TPSA) is 38.7 Å². The van der Waals surface area contributed by atoms with Gasteiger partial charge in [0.2, 0.25) is 0 Å². The van der Waals surface area contributed by atoms with E-state index in [0.717, 1.165) is 16.7 Å². The van der Waals surface area contributed by atoms with Crippen molar-refractivity contribution in [3.63, 3.8) is 0 Å². The number of benzene rings is 5. The molecule has 46 heavy (non-hydrogen) atoms. The smallest absolute Gasteiger partial charge is 0.164 e. The van der Waals surface area contributed by atoms with Gasteiger partial charge in [-0.05, 0) is 58.4 Å². The predicted octanol–water partition coefficient (Wildman–Crippen LogP) is 10.3. The number of fused-ring (bicyclic) bond motifs is 5. The first kappa shape index (κ1) is 28.8. The maximum Gasteiger partial charge on any atom is 0.164 e. The summed E-state index contributed by atoms with van der Waals surface area (Å²) in [5.74, 6) is 2.08. The highest BCUT2D eigenvalue weighted by atomic mass is 28.3. The molecule has 1 spiro atoms. The van der Waals surface area contributed by atoms with E-state index in [1.54, 1.807) is 0 Å². The maximum atomic E-state index is 5.07. The highest BCUT2D eigenvalue weighted by Gasteiger charge is 2.43. The molecule has 1 saturated carbocycles. The molecule has 0 aliphatic heterocycles. The molecule has 0 atom stereocenters. The van der Waals surface area contributed by atoms with Gasteiger partial charge in [0.1, 0.15) is 0 Å². The van der Waals surface area contributed by atoms with Crippen molar-refractivity contribution in [3.8, 4) is 56.4 Å². The Labute approximate surface area is 273 Å². The van der Waals surface area contributed by atoms with Crippen LogP contribution in [0, 0.1) is 0 Å². The van der Waals surface area contributed by atoms with Gasteiger partial charge in [0.15, 0.2) is 17.5 Å². The van der Waals surface area contributed by atoms with E-state index in [4.69, 9.17) is 15.0 Å². The Kier molecular flexibility index (Phi) is 7.06. The molecule has 0 saturated heterocycles. The van der Waals surface area contributed by atoms with Crippen molar-refractivity contribution >= 4 is 13.3 Å². The molecule has 0 unspecified atom stereocenters. The Hall–Kier alpha value is -4.67. The first-order valence-electron chi connectivity index (χ1n) is 16.7. The summed E-state index contributed by atoms with van der Waals surface area (Å²) in [7, 11) is -1.41. The first-order valence-corrected chi connectivity index (χ1v) is 20.2. The Balaban J connectivity index is 1.22. The van der Waals surface area contributed by atoms with Gasteiger partial charge in [0, 0.05) is 22.1 Å². The molecule has 4 heteroatoms. The van der Waals surface area contributed by atoms with Gasteiger partial charge >= 0.3 is 0 Å². The lowest BCUT2D eigenvalue weighted by Crippen LogP contribution is -2.37. The third-order valence-electron chi connectivity index (χ3n) is 10.1. The van der Waals surface area contributed by atoms with Crippen LogP contribution in [0.2, 0.25) is 19.6 Å². The Bertz CT molecular complexity index is 2050. The second-order valence-electron chi connectivity index (χ2n) is 14.0. The monoisotopic (exact) mass is 613 g/mol. The van der Waals surface area contributed by atoms with Gasteiger partial charge in [0.25, 0.3) is 0 Å². The van der Waals surface area contributed by atoms with E-state index in [1.807, 2.05) is 18.2 Å². The first-order chi connectivity index (χ1) is 22.4. The Morgan fingerprint density at radius 3 is 1.72 bits per heavy atom. The summed E-state index contributed by atoms with van der Waals surface area (Å²) >= 11 is 0. The number of hydrogen-bond acceptors (Lipinski definition) is 3. The zero-order valence-electron chi connectivity index (χ0n) is 26.9.